The van der Waals surface area contributed by atoms with Crippen LogP contribution in [0.3, 0.4) is 0 Å². The average molecular weight is 233 g/mol. The topological polar surface area (TPSA) is 92.1 Å². The van der Waals surface area contributed by atoms with Gasteiger partial charge in [-0.15, -0.1) is 0 Å². The number of nitrogens with one attached hydrogen (secondary N) is 1. The van der Waals surface area contributed by atoms with Crippen molar-refractivity contribution in [2.45, 2.75) is 13.8 Å². The van der Waals surface area contributed by atoms with Crippen LogP contribution in [0.1, 0.15) is 18.2 Å². The predicted octanol–water partition coefficient (Wildman–Crippen LogP) is 0.763. The molecule has 0 aliphatic rings. The minimum Gasteiger partial charge on any atom is -0.459 e. The number of aryl methyl sites for hydroxylation is 1. The summed E-state index contributed by atoms with van der Waals surface area (Å²) in [4.78, 5) is 26.4. The van der Waals surface area contributed by atoms with Crippen LogP contribution >= 0.6 is 0 Å². The Kier molecular flexibility index (Phi) is 4.17. The third-order valence-electron chi connectivity index (χ3n) is 1.85. The molecule has 1 heterocycles. The summed E-state index contributed by atoms with van der Waals surface area (Å²) >= 11 is 0. The fourth-order valence-corrected chi connectivity index (χ4v) is 1.10. The number of nitrogens with zero attached hydrogens (tertiary/aromatic N) is 2. The molecule has 0 atom stereocenters. The molecular weight excluding hydrogens is 222 g/mol. The number of hydrogen-bond donors (Lipinski definition) is 1. The number of esters is 1. The van der Waals surface area contributed by atoms with Crippen molar-refractivity contribution in [1.29, 1.82) is 5.26 Å². The van der Waals surface area contributed by atoms with E-state index in [1.807, 2.05) is 6.07 Å². The zero-order valence-corrected chi connectivity index (χ0v) is 9.48. The smallest absolute Gasteiger partial charge is 0.397 e. The zero-order valence-electron chi connectivity index (χ0n) is 9.48. The van der Waals surface area contributed by atoms with Crippen molar-refractivity contribution in [1.82, 2.24) is 4.98 Å². The van der Waals surface area contributed by atoms with E-state index in [-0.39, 0.29) is 18.0 Å². The van der Waals surface area contributed by atoms with Crippen LogP contribution in [0.15, 0.2) is 12.1 Å². The van der Waals surface area contributed by atoms with Crippen LogP contribution in [0, 0.1) is 18.3 Å². The molecule has 88 valence electrons. The molecule has 0 fully saturated rings. The summed E-state index contributed by atoms with van der Waals surface area (Å²) in [6, 6.07) is 5.02. The molecule has 17 heavy (non-hydrogen) atoms. The van der Waals surface area contributed by atoms with Crippen LogP contribution in [0.5, 0.6) is 0 Å². The molecule has 0 bridgehead atoms. The van der Waals surface area contributed by atoms with Gasteiger partial charge >= 0.3 is 11.9 Å². The maximum absolute atomic E-state index is 11.3. The number of rotatable bonds is 2. The van der Waals surface area contributed by atoms with Gasteiger partial charge in [-0.05, 0) is 26.0 Å². The maximum atomic E-state index is 11.3. The van der Waals surface area contributed by atoms with E-state index in [1.165, 1.54) is 6.07 Å². The number of nitriles is 1. The molecule has 0 unspecified atom stereocenters. The fourth-order valence-electron chi connectivity index (χ4n) is 1.10. The molecule has 0 saturated heterocycles. The molecule has 0 aliphatic carbocycles. The van der Waals surface area contributed by atoms with Crippen LogP contribution in [0.2, 0.25) is 0 Å². The summed E-state index contributed by atoms with van der Waals surface area (Å²) in [7, 11) is 0. The molecule has 0 spiro atoms. The van der Waals surface area contributed by atoms with Crippen molar-refractivity contribution < 1.29 is 14.3 Å². The molecule has 0 radical (unpaired) electrons. The number of ether oxygens (including phenoxy) is 1. The first kappa shape index (κ1) is 12.6. The number of anilines is 1. The number of aromatic nitrogens is 1. The highest BCUT2D eigenvalue weighted by Crippen LogP contribution is 2.11. The monoisotopic (exact) mass is 233 g/mol. The summed E-state index contributed by atoms with van der Waals surface area (Å²) in [6.07, 6.45) is 0. The van der Waals surface area contributed by atoms with E-state index in [0.29, 0.717) is 5.69 Å². The second kappa shape index (κ2) is 5.61. The fraction of sp³-hybridized carbons (Fsp3) is 0.273. The van der Waals surface area contributed by atoms with E-state index in [0.717, 1.165) is 0 Å². The largest absolute Gasteiger partial charge is 0.459 e. The van der Waals surface area contributed by atoms with E-state index in [9.17, 15) is 9.59 Å². The third-order valence-corrected chi connectivity index (χ3v) is 1.85. The summed E-state index contributed by atoms with van der Waals surface area (Å²) in [5.74, 6) is -1.88. The summed E-state index contributed by atoms with van der Waals surface area (Å²) in [5.41, 5.74) is 0.816. The highest BCUT2D eigenvalue weighted by molar-refractivity contribution is 6.37. The minimum absolute atomic E-state index is 0.0607. The van der Waals surface area contributed by atoms with Gasteiger partial charge in [0.05, 0.1) is 12.2 Å². The second-order valence-corrected chi connectivity index (χ2v) is 3.14. The van der Waals surface area contributed by atoms with Gasteiger partial charge in [-0.25, -0.2) is 9.78 Å². The summed E-state index contributed by atoms with van der Waals surface area (Å²) in [6.45, 7) is 3.41. The van der Waals surface area contributed by atoms with Crippen molar-refractivity contribution in [2.75, 3.05) is 11.9 Å². The molecule has 1 rings (SSSR count). The first-order chi connectivity index (χ1) is 8.08. The number of pyridine rings is 1. The molecule has 1 N–H and O–H groups in total. The van der Waals surface area contributed by atoms with E-state index in [2.05, 4.69) is 15.0 Å². The van der Waals surface area contributed by atoms with Crippen molar-refractivity contribution >= 4 is 17.7 Å². The average Bonchev–Trinajstić information content (AvgIpc) is 2.29. The normalized spacial score (nSPS) is 9.24. The second-order valence-electron chi connectivity index (χ2n) is 3.14. The van der Waals surface area contributed by atoms with Gasteiger partial charge in [0.15, 0.2) is 5.82 Å². The lowest BCUT2D eigenvalue weighted by atomic mass is 10.2. The zero-order chi connectivity index (χ0) is 12.8. The first-order valence-corrected chi connectivity index (χ1v) is 4.94. The molecular formula is C11H11N3O3. The quantitative estimate of drug-likeness (QED) is 0.601. The van der Waals surface area contributed by atoms with Gasteiger partial charge in [0.1, 0.15) is 6.07 Å². The van der Waals surface area contributed by atoms with E-state index < -0.39 is 11.9 Å². The predicted molar refractivity (Wildman–Crippen MR) is 59.0 cm³/mol. The van der Waals surface area contributed by atoms with Crippen LogP contribution in [0.4, 0.5) is 5.82 Å². The molecule has 6 nitrogen and oxygen atoms in total. The number of amides is 1. The SMILES string of the molecule is CCOC(=O)C(=O)Nc1nc(C)ccc1C#N. The Hall–Kier alpha value is -2.42. The summed E-state index contributed by atoms with van der Waals surface area (Å²) < 4.78 is 4.52. The van der Waals surface area contributed by atoms with E-state index in [1.54, 1.807) is 19.9 Å². The number of carbonyl (C=O) groups excluding carboxylic acids is 2. The van der Waals surface area contributed by atoms with Gasteiger partial charge in [0.2, 0.25) is 0 Å². The van der Waals surface area contributed by atoms with Crippen molar-refractivity contribution in [3.05, 3.63) is 23.4 Å². The Balaban J connectivity index is 2.88. The molecule has 1 aromatic heterocycles. The Morgan fingerprint density at radius 1 is 1.53 bits per heavy atom. The standard InChI is InChI=1S/C11H11N3O3/c1-3-17-11(16)10(15)14-9-8(6-12)5-4-7(2)13-9/h4-5H,3H2,1-2H3,(H,13,14,15). The van der Waals surface area contributed by atoms with Crippen molar-refractivity contribution in [2.24, 2.45) is 0 Å². The van der Waals surface area contributed by atoms with Gasteiger partial charge in [0, 0.05) is 5.69 Å². The lowest BCUT2D eigenvalue weighted by molar-refractivity contribution is -0.152. The van der Waals surface area contributed by atoms with Gasteiger partial charge in [-0.3, -0.25) is 10.1 Å². The maximum Gasteiger partial charge on any atom is 0.397 e. The van der Waals surface area contributed by atoms with E-state index >= 15 is 0 Å². The molecule has 1 amide bonds. The van der Waals surface area contributed by atoms with Gasteiger partial charge < -0.3 is 4.74 Å². The van der Waals surface area contributed by atoms with Gasteiger partial charge in [0.25, 0.3) is 0 Å². The number of carbonyl (C=O) groups is 2. The van der Waals surface area contributed by atoms with Crippen LogP contribution in [-0.2, 0) is 14.3 Å². The van der Waals surface area contributed by atoms with Gasteiger partial charge in [-0.1, -0.05) is 0 Å². The van der Waals surface area contributed by atoms with Crippen LogP contribution < -0.4 is 5.32 Å². The van der Waals surface area contributed by atoms with Crippen molar-refractivity contribution in [3.8, 4) is 6.07 Å². The van der Waals surface area contributed by atoms with Crippen LogP contribution in [-0.4, -0.2) is 23.5 Å². The van der Waals surface area contributed by atoms with Gasteiger partial charge in [-0.2, -0.15) is 5.26 Å². The Labute approximate surface area is 98.2 Å². The highest BCUT2D eigenvalue weighted by Gasteiger charge is 2.17. The summed E-state index contributed by atoms with van der Waals surface area (Å²) in [5, 5.41) is 11.0. The Morgan fingerprint density at radius 3 is 2.82 bits per heavy atom. The first-order valence-electron chi connectivity index (χ1n) is 4.94. The Morgan fingerprint density at radius 2 is 2.24 bits per heavy atom. The van der Waals surface area contributed by atoms with Crippen molar-refractivity contribution in [3.63, 3.8) is 0 Å². The molecule has 6 heteroatoms. The number of hydrogen-bond acceptors (Lipinski definition) is 5. The lowest BCUT2D eigenvalue weighted by Crippen LogP contribution is -2.26. The third kappa shape index (κ3) is 3.28. The minimum atomic E-state index is -1.00. The Bertz CT molecular complexity index is 491. The molecule has 0 aliphatic heterocycles. The molecule has 1 aromatic rings. The highest BCUT2D eigenvalue weighted by atomic mass is 16.5. The van der Waals surface area contributed by atoms with Crippen LogP contribution in [0.25, 0.3) is 0 Å². The lowest BCUT2D eigenvalue weighted by Gasteiger charge is -2.06. The molecule has 0 aromatic carbocycles. The molecule has 0 saturated carbocycles. The van der Waals surface area contributed by atoms with E-state index in [4.69, 9.17) is 5.26 Å².